The fourth-order valence-electron chi connectivity index (χ4n) is 1.77. The minimum atomic E-state index is -0.821. The molecule has 1 rings (SSSR count). The minimum Gasteiger partial charge on any atom is -0.448 e. The normalized spacial score (nSPS) is 16.0. The molecule has 0 aromatic heterocycles. The Morgan fingerprint density at radius 1 is 1.31 bits per heavy atom. The van der Waals surface area contributed by atoms with Crippen molar-refractivity contribution in [3.8, 4) is 0 Å². The van der Waals surface area contributed by atoms with Gasteiger partial charge in [-0.25, -0.2) is 4.79 Å². The maximum Gasteiger partial charge on any atom is 0.404 e. The molecule has 92 valence electrons. The quantitative estimate of drug-likeness (QED) is 0.546. The van der Waals surface area contributed by atoms with E-state index in [1.54, 1.807) is 0 Å². The number of carbonyl (C=O) groups is 2. The van der Waals surface area contributed by atoms with Crippen LogP contribution in [0.2, 0.25) is 0 Å². The smallest absolute Gasteiger partial charge is 0.404 e. The summed E-state index contributed by atoms with van der Waals surface area (Å²) < 4.78 is 4.47. The molecule has 2 amide bonds. The van der Waals surface area contributed by atoms with Crippen LogP contribution in [0.15, 0.2) is 0 Å². The highest BCUT2D eigenvalue weighted by Gasteiger charge is 2.14. The third kappa shape index (κ3) is 5.55. The van der Waals surface area contributed by atoms with Crippen molar-refractivity contribution in [2.24, 2.45) is 5.73 Å². The van der Waals surface area contributed by atoms with Gasteiger partial charge < -0.3 is 21.1 Å². The number of rotatable bonds is 6. The van der Waals surface area contributed by atoms with Crippen LogP contribution in [0.1, 0.15) is 25.7 Å². The number of amides is 2. The molecule has 0 aliphatic heterocycles. The molecule has 0 aromatic carbocycles. The molecule has 0 spiro atoms. The standard InChI is InChI=1S/C10H19N3O3/c11-10(15)16-6-5-12-9(14)7-13-8-3-1-2-4-8/h8,13H,1-7H2,(H2,11,15)(H,12,14). The second-order valence-electron chi connectivity index (χ2n) is 3.88. The predicted molar refractivity (Wildman–Crippen MR) is 58.8 cm³/mol. The fourth-order valence-corrected chi connectivity index (χ4v) is 1.77. The van der Waals surface area contributed by atoms with Gasteiger partial charge in [0.05, 0.1) is 13.1 Å². The van der Waals surface area contributed by atoms with Crippen molar-refractivity contribution in [3.63, 3.8) is 0 Å². The third-order valence-corrected chi connectivity index (χ3v) is 2.58. The Morgan fingerprint density at radius 2 is 2.00 bits per heavy atom. The highest BCUT2D eigenvalue weighted by atomic mass is 16.5. The molecular weight excluding hydrogens is 210 g/mol. The number of nitrogens with two attached hydrogens (primary N) is 1. The Kier molecular flexibility index (Phi) is 5.63. The van der Waals surface area contributed by atoms with Crippen LogP contribution in [0.5, 0.6) is 0 Å². The fraction of sp³-hybridized carbons (Fsp3) is 0.800. The lowest BCUT2D eigenvalue weighted by Crippen LogP contribution is -2.39. The average Bonchev–Trinajstić information content (AvgIpc) is 2.74. The molecule has 0 atom stereocenters. The molecule has 4 N–H and O–H groups in total. The molecule has 16 heavy (non-hydrogen) atoms. The lowest BCUT2D eigenvalue weighted by atomic mass is 10.2. The van der Waals surface area contributed by atoms with E-state index in [0.717, 1.165) is 12.8 Å². The first-order chi connectivity index (χ1) is 7.68. The van der Waals surface area contributed by atoms with Crippen LogP contribution in [-0.2, 0) is 9.53 Å². The molecule has 1 fully saturated rings. The first-order valence-electron chi connectivity index (χ1n) is 5.61. The summed E-state index contributed by atoms with van der Waals surface area (Å²) >= 11 is 0. The molecule has 6 nitrogen and oxygen atoms in total. The lowest BCUT2D eigenvalue weighted by molar-refractivity contribution is -0.120. The van der Waals surface area contributed by atoms with Gasteiger partial charge >= 0.3 is 6.09 Å². The van der Waals surface area contributed by atoms with Crippen molar-refractivity contribution in [1.82, 2.24) is 10.6 Å². The van der Waals surface area contributed by atoms with E-state index in [-0.39, 0.29) is 12.5 Å². The van der Waals surface area contributed by atoms with Crippen LogP contribution >= 0.6 is 0 Å². The second kappa shape index (κ2) is 7.05. The Labute approximate surface area is 94.9 Å². The third-order valence-electron chi connectivity index (χ3n) is 2.58. The van der Waals surface area contributed by atoms with Crippen LogP contribution in [0, 0.1) is 0 Å². The highest BCUT2D eigenvalue weighted by molar-refractivity contribution is 5.78. The SMILES string of the molecule is NC(=O)OCCNC(=O)CNC1CCCC1. The molecular formula is C10H19N3O3. The topological polar surface area (TPSA) is 93.5 Å². The van der Waals surface area contributed by atoms with E-state index in [1.807, 2.05) is 0 Å². The summed E-state index contributed by atoms with van der Waals surface area (Å²) in [6.45, 7) is 0.736. The van der Waals surface area contributed by atoms with Gasteiger partial charge in [0, 0.05) is 6.04 Å². The van der Waals surface area contributed by atoms with Gasteiger partial charge in [0.2, 0.25) is 5.91 Å². The highest BCUT2D eigenvalue weighted by Crippen LogP contribution is 2.16. The van der Waals surface area contributed by atoms with E-state index < -0.39 is 6.09 Å². The summed E-state index contributed by atoms with van der Waals surface area (Å²) in [7, 11) is 0. The monoisotopic (exact) mass is 229 g/mol. The zero-order valence-corrected chi connectivity index (χ0v) is 9.33. The zero-order chi connectivity index (χ0) is 11.8. The molecule has 0 heterocycles. The number of hydrogen-bond acceptors (Lipinski definition) is 4. The molecule has 6 heteroatoms. The molecule has 1 aliphatic carbocycles. The van der Waals surface area contributed by atoms with Gasteiger partial charge in [0.1, 0.15) is 6.61 Å². The van der Waals surface area contributed by atoms with Crippen molar-refractivity contribution in [1.29, 1.82) is 0 Å². The second-order valence-corrected chi connectivity index (χ2v) is 3.88. The van der Waals surface area contributed by atoms with Gasteiger partial charge in [-0.15, -0.1) is 0 Å². The van der Waals surface area contributed by atoms with Gasteiger partial charge in [0.15, 0.2) is 0 Å². The molecule has 0 saturated heterocycles. The molecule has 1 aliphatic rings. The average molecular weight is 229 g/mol. The Balaban J connectivity index is 1.95. The zero-order valence-electron chi connectivity index (χ0n) is 9.33. The van der Waals surface area contributed by atoms with Crippen LogP contribution < -0.4 is 16.4 Å². The maximum absolute atomic E-state index is 11.3. The number of hydrogen-bond donors (Lipinski definition) is 3. The van der Waals surface area contributed by atoms with Crippen molar-refractivity contribution in [2.45, 2.75) is 31.7 Å². The van der Waals surface area contributed by atoms with E-state index in [4.69, 9.17) is 5.73 Å². The molecule has 1 saturated carbocycles. The Hall–Kier alpha value is -1.30. The molecule has 0 unspecified atom stereocenters. The molecule has 0 radical (unpaired) electrons. The summed E-state index contributed by atoms with van der Waals surface area (Å²) in [4.78, 5) is 21.5. The number of primary amides is 1. The molecule has 0 aromatic rings. The summed E-state index contributed by atoms with van der Waals surface area (Å²) in [6.07, 6.45) is 3.96. The van der Waals surface area contributed by atoms with Gasteiger partial charge in [-0.05, 0) is 12.8 Å². The summed E-state index contributed by atoms with van der Waals surface area (Å²) in [5.74, 6) is -0.0834. The van der Waals surface area contributed by atoms with Crippen LogP contribution in [0.4, 0.5) is 4.79 Å². The van der Waals surface area contributed by atoms with Crippen molar-refractivity contribution in [3.05, 3.63) is 0 Å². The van der Waals surface area contributed by atoms with Crippen LogP contribution in [0.3, 0.4) is 0 Å². The van der Waals surface area contributed by atoms with Crippen molar-refractivity contribution >= 4 is 12.0 Å². The lowest BCUT2D eigenvalue weighted by Gasteiger charge is -2.11. The first-order valence-corrected chi connectivity index (χ1v) is 5.61. The van der Waals surface area contributed by atoms with E-state index in [9.17, 15) is 9.59 Å². The predicted octanol–water partition coefficient (Wildman–Crippen LogP) is -0.270. The van der Waals surface area contributed by atoms with Crippen LogP contribution in [0.25, 0.3) is 0 Å². The summed E-state index contributed by atoms with van der Waals surface area (Å²) in [5.41, 5.74) is 4.76. The first kappa shape index (κ1) is 12.8. The van der Waals surface area contributed by atoms with E-state index in [0.29, 0.717) is 19.1 Å². The Bertz CT molecular complexity index is 239. The van der Waals surface area contributed by atoms with E-state index >= 15 is 0 Å². The summed E-state index contributed by atoms with van der Waals surface area (Å²) in [5, 5.41) is 5.81. The minimum absolute atomic E-state index is 0.0834. The van der Waals surface area contributed by atoms with Gasteiger partial charge in [-0.2, -0.15) is 0 Å². The van der Waals surface area contributed by atoms with Gasteiger partial charge in [0.25, 0.3) is 0 Å². The Morgan fingerprint density at radius 3 is 2.62 bits per heavy atom. The molecule has 0 bridgehead atoms. The van der Waals surface area contributed by atoms with E-state index in [2.05, 4.69) is 15.4 Å². The number of ether oxygens (including phenoxy) is 1. The maximum atomic E-state index is 11.3. The summed E-state index contributed by atoms with van der Waals surface area (Å²) in [6, 6.07) is 0.479. The van der Waals surface area contributed by atoms with Crippen molar-refractivity contribution in [2.75, 3.05) is 19.7 Å². The van der Waals surface area contributed by atoms with E-state index in [1.165, 1.54) is 12.8 Å². The van der Waals surface area contributed by atoms with Gasteiger partial charge in [-0.3, -0.25) is 4.79 Å². The number of nitrogens with one attached hydrogen (secondary N) is 2. The van der Waals surface area contributed by atoms with Gasteiger partial charge in [-0.1, -0.05) is 12.8 Å². The number of carbonyl (C=O) groups excluding carboxylic acids is 2. The largest absolute Gasteiger partial charge is 0.448 e. The van der Waals surface area contributed by atoms with Crippen molar-refractivity contribution < 1.29 is 14.3 Å². The van der Waals surface area contributed by atoms with Crippen LogP contribution in [-0.4, -0.2) is 37.7 Å².